The van der Waals surface area contributed by atoms with E-state index in [1.165, 1.54) is 6.08 Å². The number of nitrogens with zero attached hydrogens (tertiary/aromatic N) is 3. The van der Waals surface area contributed by atoms with Crippen molar-refractivity contribution in [2.24, 2.45) is 0 Å². The standard InChI is InChI=1S/C11H15N3O2/c1-4-10(15)13-5-6-14-9(7-13)11(16-3)8(2)12-14/h4H,1,5-7H2,2-3H3. The number of aryl methyl sites for hydroxylation is 1. The molecule has 0 unspecified atom stereocenters. The second-order valence-electron chi connectivity index (χ2n) is 3.75. The third kappa shape index (κ3) is 1.58. The lowest BCUT2D eigenvalue weighted by molar-refractivity contribution is -0.127. The highest BCUT2D eigenvalue weighted by Crippen LogP contribution is 2.26. The van der Waals surface area contributed by atoms with E-state index in [4.69, 9.17) is 4.74 Å². The van der Waals surface area contributed by atoms with E-state index in [2.05, 4.69) is 11.7 Å². The molecular formula is C11H15N3O2. The Hall–Kier alpha value is -1.78. The van der Waals surface area contributed by atoms with Gasteiger partial charge in [-0.2, -0.15) is 5.10 Å². The van der Waals surface area contributed by atoms with Crippen LogP contribution in [-0.2, 0) is 17.9 Å². The lowest BCUT2D eigenvalue weighted by Crippen LogP contribution is -2.37. The average Bonchev–Trinajstić information content (AvgIpc) is 2.62. The summed E-state index contributed by atoms with van der Waals surface area (Å²) in [5, 5.41) is 4.37. The van der Waals surface area contributed by atoms with Crippen LogP contribution in [0, 0.1) is 6.92 Å². The van der Waals surface area contributed by atoms with Gasteiger partial charge in [0.05, 0.1) is 20.2 Å². The Morgan fingerprint density at radius 1 is 1.56 bits per heavy atom. The first-order chi connectivity index (χ1) is 7.67. The van der Waals surface area contributed by atoms with Gasteiger partial charge in [0.2, 0.25) is 5.91 Å². The molecule has 2 rings (SSSR count). The molecule has 1 aliphatic heterocycles. The molecule has 0 aromatic carbocycles. The fraction of sp³-hybridized carbons (Fsp3) is 0.455. The van der Waals surface area contributed by atoms with Gasteiger partial charge in [0.1, 0.15) is 11.4 Å². The van der Waals surface area contributed by atoms with E-state index in [-0.39, 0.29) is 5.91 Å². The Kier molecular flexibility index (Phi) is 2.68. The number of fused-ring (bicyclic) bond motifs is 1. The molecule has 0 bridgehead atoms. The summed E-state index contributed by atoms with van der Waals surface area (Å²) in [5.74, 6) is 0.730. The Balaban J connectivity index is 2.31. The molecule has 1 aromatic heterocycles. The first-order valence-corrected chi connectivity index (χ1v) is 5.19. The molecule has 1 amide bonds. The van der Waals surface area contributed by atoms with E-state index in [1.54, 1.807) is 12.0 Å². The molecule has 0 N–H and O–H groups in total. The summed E-state index contributed by atoms with van der Waals surface area (Å²) in [6.07, 6.45) is 1.34. The molecule has 0 saturated carbocycles. The summed E-state index contributed by atoms with van der Waals surface area (Å²) in [7, 11) is 1.62. The van der Waals surface area contributed by atoms with Gasteiger partial charge in [-0.05, 0) is 13.0 Å². The van der Waals surface area contributed by atoms with Crippen LogP contribution in [0.1, 0.15) is 11.4 Å². The number of hydrogen-bond acceptors (Lipinski definition) is 3. The topological polar surface area (TPSA) is 47.4 Å². The molecule has 0 fully saturated rings. The van der Waals surface area contributed by atoms with E-state index in [1.807, 2.05) is 11.6 Å². The number of amides is 1. The van der Waals surface area contributed by atoms with Crippen LogP contribution >= 0.6 is 0 Å². The molecule has 0 radical (unpaired) electrons. The van der Waals surface area contributed by atoms with Gasteiger partial charge in [0.25, 0.3) is 0 Å². The van der Waals surface area contributed by atoms with Crippen LogP contribution in [0.3, 0.4) is 0 Å². The Morgan fingerprint density at radius 3 is 2.94 bits per heavy atom. The van der Waals surface area contributed by atoms with Gasteiger partial charge in [-0.3, -0.25) is 9.48 Å². The summed E-state index contributed by atoms with van der Waals surface area (Å²) in [6, 6.07) is 0. The monoisotopic (exact) mass is 221 g/mol. The SMILES string of the molecule is C=CC(=O)N1CCn2nc(C)c(OC)c2C1. The summed E-state index contributed by atoms with van der Waals surface area (Å²) in [4.78, 5) is 13.3. The van der Waals surface area contributed by atoms with Crippen molar-refractivity contribution in [2.75, 3.05) is 13.7 Å². The van der Waals surface area contributed by atoms with Crippen molar-refractivity contribution in [3.05, 3.63) is 24.0 Å². The highest BCUT2D eigenvalue weighted by atomic mass is 16.5. The minimum absolute atomic E-state index is 0.0489. The van der Waals surface area contributed by atoms with Crippen molar-refractivity contribution in [1.82, 2.24) is 14.7 Å². The van der Waals surface area contributed by atoms with Crippen molar-refractivity contribution in [1.29, 1.82) is 0 Å². The van der Waals surface area contributed by atoms with E-state index in [0.717, 1.165) is 17.1 Å². The maximum Gasteiger partial charge on any atom is 0.246 e. The predicted octanol–water partition coefficient (Wildman–Crippen LogP) is 0.728. The van der Waals surface area contributed by atoms with E-state index >= 15 is 0 Å². The minimum atomic E-state index is -0.0489. The van der Waals surface area contributed by atoms with Gasteiger partial charge < -0.3 is 9.64 Å². The molecule has 16 heavy (non-hydrogen) atoms. The number of hydrogen-bond donors (Lipinski definition) is 0. The molecular weight excluding hydrogens is 206 g/mol. The van der Waals surface area contributed by atoms with Gasteiger partial charge in [-0.15, -0.1) is 0 Å². The molecule has 1 aromatic rings. The molecule has 2 heterocycles. The zero-order valence-electron chi connectivity index (χ0n) is 9.56. The van der Waals surface area contributed by atoms with Crippen molar-refractivity contribution in [3.8, 4) is 5.75 Å². The zero-order valence-corrected chi connectivity index (χ0v) is 9.56. The first kappa shape index (κ1) is 10.7. The highest BCUT2D eigenvalue weighted by molar-refractivity contribution is 5.87. The third-order valence-corrected chi connectivity index (χ3v) is 2.79. The van der Waals surface area contributed by atoms with Crippen LogP contribution in [0.5, 0.6) is 5.75 Å². The minimum Gasteiger partial charge on any atom is -0.493 e. The lowest BCUT2D eigenvalue weighted by Gasteiger charge is -2.26. The van der Waals surface area contributed by atoms with Crippen LogP contribution < -0.4 is 4.74 Å². The highest BCUT2D eigenvalue weighted by Gasteiger charge is 2.24. The van der Waals surface area contributed by atoms with E-state index in [9.17, 15) is 4.79 Å². The largest absolute Gasteiger partial charge is 0.493 e. The van der Waals surface area contributed by atoms with Gasteiger partial charge in [0, 0.05) is 6.54 Å². The number of ether oxygens (including phenoxy) is 1. The molecule has 86 valence electrons. The zero-order chi connectivity index (χ0) is 11.7. The van der Waals surface area contributed by atoms with E-state index < -0.39 is 0 Å². The fourth-order valence-electron chi connectivity index (χ4n) is 2.01. The molecule has 5 heteroatoms. The third-order valence-electron chi connectivity index (χ3n) is 2.79. The molecule has 0 spiro atoms. The summed E-state index contributed by atoms with van der Waals surface area (Å²) in [5.41, 5.74) is 1.83. The first-order valence-electron chi connectivity index (χ1n) is 5.19. The molecule has 0 aliphatic carbocycles. The number of methoxy groups -OCH3 is 1. The molecule has 5 nitrogen and oxygen atoms in total. The quantitative estimate of drug-likeness (QED) is 0.692. The van der Waals surface area contributed by atoms with Crippen LogP contribution in [0.25, 0.3) is 0 Å². The predicted molar refractivity (Wildman–Crippen MR) is 59.1 cm³/mol. The van der Waals surface area contributed by atoms with Gasteiger partial charge in [0.15, 0.2) is 5.75 Å². The molecule has 0 saturated heterocycles. The normalized spacial score (nSPS) is 14.5. The van der Waals surface area contributed by atoms with Gasteiger partial charge in [-0.25, -0.2) is 0 Å². The van der Waals surface area contributed by atoms with Gasteiger partial charge in [-0.1, -0.05) is 6.58 Å². The lowest BCUT2D eigenvalue weighted by atomic mass is 10.2. The van der Waals surface area contributed by atoms with Crippen molar-refractivity contribution in [2.45, 2.75) is 20.0 Å². The Morgan fingerprint density at radius 2 is 2.31 bits per heavy atom. The smallest absolute Gasteiger partial charge is 0.246 e. The van der Waals surface area contributed by atoms with Crippen molar-refractivity contribution in [3.63, 3.8) is 0 Å². The van der Waals surface area contributed by atoms with Crippen molar-refractivity contribution < 1.29 is 9.53 Å². The average molecular weight is 221 g/mol. The number of carbonyl (C=O) groups excluding carboxylic acids is 1. The second-order valence-corrected chi connectivity index (χ2v) is 3.75. The van der Waals surface area contributed by atoms with Crippen LogP contribution in [0.15, 0.2) is 12.7 Å². The fourth-order valence-corrected chi connectivity index (χ4v) is 2.01. The van der Waals surface area contributed by atoms with Crippen LogP contribution in [-0.4, -0.2) is 34.2 Å². The number of aromatic nitrogens is 2. The van der Waals surface area contributed by atoms with E-state index in [0.29, 0.717) is 19.6 Å². The van der Waals surface area contributed by atoms with Crippen LogP contribution in [0.2, 0.25) is 0 Å². The van der Waals surface area contributed by atoms with Crippen LogP contribution in [0.4, 0.5) is 0 Å². The number of carbonyl (C=O) groups is 1. The second kappa shape index (κ2) is 4.00. The summed E-state index contributed by atoms with van der Waals surface area (Å²) < 4.78 is 7.20. The summed E-state index contributed by atoms with van der Waals surface area (Å²) >= 11 is 0. The molecule has 0 atom stereocenters. The molecule has 1 aliphatic rings. The maximum atomic E-state index is 11.5. The Bertz CT molecular complexity index is 437. The van der Waals surface area contributed by atoms with Gasteiger partial charge >= 0.3 is 0 Å². The Labute approximate surface area is 94.3 Å². The van der Waals surface area contributed by atoms with Crippen molar-refractivity contribution >= 4 is 5.91 Å². The maximum absolute atomic E-state index is 11.5. The summed E-state index contributed by atoms with van der Waals surface area (Å²) in [6.45, 7) is 7.31. The number of rotatable bonds is 2.